The zero-order chi connectivity index (χ0) is 20.5. The summed E-state index contributed by atoms with van der Waals surface area (Å²) in [6, 6.07) is 19.4. The van der Waals surface area contributed by atoms with Crippen molar-refractivity contribution >= 4 is 50.5 Å². The van der Waals surface area contributed by atoms with Crippen molar-refractivity contribution in [1.29, 1.82) is 0 Å². The number of aryl methyl sites for hydroxylation is 1. The molecule has 0 unspecified atom stereocenters. The molecule has 5 nitrogen and oxygen atoms in total. The summed E-state index contributed by atoms with van der Waals surface area (Å²) in [6.45, 7) is 0.385. The first-order valence-electron chi connectivity index (χ1n) is 9.70. The van der Waals surface area contributed by atoms with Crippen molar-refractivity contribution in [2.24, 2.45) is 0 Å². The van der Waals surface area contributed by atoms with Crippen molar-refractivity contribution in [3.8, 4) is 9.88 Å². The Morgan fingerprint density at radius 3 is 2.73 bits per heavy atom. The predicted molar refractivity (Wildman–Crippen MR) is 120 cm³/mol. The van der Waals surface area contributed by atoms with Crippen LogP contribution in [0.15, 0.2) is 60.7 Å². The molecule has 7 heteroatoms. The third kappa shape index (κ3) is 3.62. The summed E-state index contributed by atoms with van der Waals surface area (Å²) < 4.78 is 6.44. The smallest absolute Gasteiger partial charge is 0.348 e. The molecule has 0 aliphatic carbocycles. The Kier molecular flexibility index (Phi) is 5.06. The highest BCUT2D eigenvalue weighted by Crippen LogP contribution is 2.34. The van der Waals surface area contributed by atoms with Crippen LogP contribution in [0.3, 0.4) is 0 Å². The third-order valence-corrected chi connectivity index (χ3v) is 7.32. The van der Waals surface area contributed by atoms with Crippen LogP contribution in [-0.2, 0) is 16.0 Å². The number of nitrogens with zero attached hydrogens (tertiary/aromatic N) is 2. The fourth-order valence-electron chi connectivity index (χ4n) is 3.61. The van der Waals surface area contributed by atoms with E-state index in [1.54, 1.807) is 22.3 Å². The lowest BCUT2D eigenvalue weighted by molar-refractivity contribution is -0.121. The monoisotopic (exact) mass is 434 g/mol. The molecule has 0 radical (unpaired) electrons. The number of carbonyl (C=O) groups excluding carboxylic acids is 2. The number of aromatic nitrogens is 1. The molecule has 1 aliphatic rings. The van der Waals surface area contributed by atoms with Crippen molar-refractivity contribution in [3.05, 3.63) is 71.1 Å². The minimum Gasteiger partial charge on any atom is -0.451 e. The fourth-order valence-corrected chi connectivity index (χ4v) is 5.53. The van der Waals surface area contributed by atoms with Gasteiger partial charge in [-0.1, -0.05) is 30.3 Å². The lowest BCUT2D eigenvalue weighted by Gasteiger charge is -2.29. The number of fused-ring (bicyclic) bond motifs is 2. The molecule has 30 heavy (non-hydrogen) atoms. The average molecular weight is 435 g/mol. The van der Waals surface area contributed by atoms with Crippen molar-refractivity contribution in [2.45, 2.75) is 12.8 Å². The van der Waals surface area contributed by atoms with E-state index in [1.807, 2.05) is 54.6 Å². The summed E-state index contributed by atoms with van der Waals surface area (Å²) in [6.07, 6.45) is 1.87. The predicted octanol–water partition coefficient (Wildman–Crippen LogP) is 5.16. The Labute approximate surface area is 181 Å². The molecule has 1 amide bonds. The van der Waals surface area contributed by atoms with Gasteiger partial charge in [0.2, 0.25) is 0 Å². The third-order valence-electron chi connectivity index (χ3n) is 5.05. The van der Waals surface area contributed by atoms with Gasteiger partial charge in [0.15, 0.2) is 6.61 Å². The van der Waals surface area contributed by atoms with E-state index in [9.17, 15) is 9.59 Å². The van der Waals surface area contributed by atoms with E-state index in [0.717, 1.165) is 44.2 Å². The first kappa shape index (κ1) is 19.0. The van der Waals surface area contributed by atoms with Crippen LogP contribution >= 0.6 is 22.7 Å². The molecule has 0 saturated heterocycles. The van der Waals surface area contributed by atoms with Gasteiger partial charge >= 0.3 is 5.97 Å². The second-order valence-electron chi connectivity index (χ2n) is 7.00. The summed E-state index contributed by atoms with van der Waals surface area (Å²) in [5.41, 5.74) is 3.02. The maximum absolute atomic E-state index is 12.7. The number of thiazole rings is 1. The Morgan fingerprint density at radius 1 is 1.00 bits per heavy atom. The number of hydrogen-bond donors (Lipinski definition) is 0. The van der Waals surface area contributed by atoms with Crippen molar-refractivity contribution in [1.82, 2.24) is 4.98 Å². The van der Waals surface area contributed by atoms with Crippen LogP contribution in [0, 0.1) is 0 Å². The van der Waals surface area contributed by atoms with Crippen LogP contribution in [0.4, 0.5) is 5.69 Å². The molecule has 2 aromatic heterocycles. The van der Waals surface area contributed by atoms with Gasteiger partial charge in [0.05, 0.1) is 15.1 Å². The number of thiophene rings is 1. The largest absolute Gasteiger partial charge is 0.451 e. The van der Waals surface area contributed by atoms with Gasteiger partial charge in [-0.15, -0.1) is 22.7 Å². The summed E-state index contributed by atoms with van der Waals surface area (Å²) in [7, 11) is 0. The van der Waals surface area contributed by atoms with Gasteiger partial charge in [0.25, 0.3) is 5.91 Å². The molecule has 4 aromatic rings. The second kappa shape index (κ2) is 8.01. The van der Waals surface area contributed by atoms with E-state index in [0.29, 0.717) is 11.4 Å². The van der Waals surface area contributed by atoms with Gasteiger partial charge in [0.1, 0.15) is 9.88 Å². The average Bonchev–Trinajstić information content (AvgIpc) is 3.44. The second-order valence-corrected chi connectivity index (χ2v) is 9.12. The van der Waals surface area contributed by atoms with E-state index in [4.69, 9.17) is 4.74 Å². The van der Waals surface area contributed by atoms with E-state index >= 15 is 0 Å². The van der Waals surface area contributed by atoms with Crippen LogP contribution < -0.4 is 4.90 Å². The highest BCUT2D eigenvalue weighted by molar-refractivity contribution is 7.26. The summed E-state index contributed by atoms with van der Waals surface area (Å²) in [4.78, 5) is 32.9. The minimum absolute atomic E-state index is 0.196. The molecule has 0 N–H and O–H groups in total. The molecule has 150 valence electrons. The highest BCUT2D eigenvalue weighted by atomic mass is 32.1. The molecule has 0 atom stereocenters. The van der Waals surface area contributed by atoms with Crippen molar-refractivity contribution in [2.75, 3.05) is 18.1 Å². The maximum Gasteiger partial charge on any atom is 0.348 e. The molecule has 1 aliphatic heterocycles. The van der Waals surface area contributed by atoms with E-state index in [2.05, 4.69) is 4.98 Å². The Balaban J connectivity index is 1.26. The lowest BCUT2D eigenvalue weighted by atomic mass is 10.0. The Bertz CT molecular complexity index is 1210. The van der Waals surface area contributed by atoms with E-state index in [-0.39, 0.29) is 12.5 Å². The fraction of sp³-hybridized carbons (Fsp3) is 0.174. The quantitative estimate of drug-likeness (QED) is 0.416. The first-order valence-corrected chi connectivity index (χ1v) is 11.3. The lowest BCUT2D eigenvalue weighted by Crippen LogP contribution is -2.38. The zero-order valence-electron chi connectivity index (χ0n) is 16.0. The number of amides is 1. The number of benzene rings is 2. The SMILES string of the molecule is O=C(OCC(=O)N1CCCc2ccccc21)c1ccc(-c2nc3ccccc3s2)s1. The van der Waals surface area contributed by atoms with Crippen LogP contribution in [-0.4, -0.2) is 30.0 Å². The summed E-state index contributed by atoms with van der Waals surface area (Å²) >= 11 is 2.93. The van der Waals surface area contributed by atoms with E-state index in [1.165, 1.54) is 11.3 Å². The number of anilines is 1. The van der Waals surface area contributed by atoms with Crippen LogP contribution in [0.25, 0.3) is 20.1 Å². The highest BCUT2D eigenvalue weighted by Gasteiger charge is 2.23. The maximum atomic E-state index is 12.7. The number of ether oxygens (including phenoxy) is 1. The molecule has 0 spiro atoms. The number of esters is 1. The van der Waals surface area contributed by atoms with Gasteiger partial charge in [-0.3, -0.25) is 4.79 Å². The van der Waals surface area contributed by atoms with Gasteiger partial charge < -0.3 is 9.64 Å². The molecular weight excluding hydrogens is 416 g/mol. The standard InChI is InChI=1S/C23H18N2O3S2/c26-21(25-13-5-7-15-6-1-3-9-17(15)25)14-28-23(27)20-12-11-19(29-20)22-24-16-8-2-4-10-18(16)30-22/h1-4,6,8-12H,5,7,13-14H2. The molecule has 0 bridgehead atoms. The van der Waals surface area contributed by atoms with Crippen LogP contribution in [0.5, 0.6) is 0 Å². The zero-order valence-corrected chi connectivity index (χ0v) is 17.7. The van der Waals surface area contributed by atoms with Crippen LogP contribution in [0.2, 0.25) is 0 Å². The molecule has 0 saturated carbocycles. The normalized spacial score (nSPS) is 13.3. The molecular formula is C23H18N2O3S2. The number of para-hydroxylation sites is 2. The van der Waals surface area contributed by atoms with Gasteiger partial charge in [-0.25, -0.2) is 9.78 Å². The molecule has 3 heterocycles. The molecule has 0 fully saturated rings. The molecule has 5 rings (SSSR count). The summed E-state index contributed by atoms with van der Waals surface area (Å²) in [5.74, 6) is -0.676. The first-order chi connectivity index (χ1) is 14.7. The van der Waals surface area contributed by atoms with Crippen molar-refractivity contribution < 1.29 is 14.3 Å². The summed E-state index contributed by atoms with van der Waals surface area (Å²) in [5, 5.41) is 0.876. The van der Waals surface area contributed by atoms with Gasteiger partial charge in [0, 0.05) is 12.2 Å². The number of rotatable bonds is 4. The number of carbonyl (C=O) groups is 2. The Hall–Kier alpha value is -3.03. The topological polar surface area (TPSA) is 59.5 Å². The van der Waals surface area contributed by atoms with Crippen LogP contribution in [0.1, 0.15) is 21.7 Å². The Morgan fingerprint density at radius 2 is 1.83 bits per heavy atom. The molecule has 2 aromatic carbocycles. The van der Waals surface area contributed by atoms with Gasteiger partial charge in [-0.2, -0.15) is 0 Å². The minimum atomic E-state index is -0.481. The number of hydrogen-bond acceptors (Lipinski definition) is 6. The van der Waals surface area contributed by atoms with Crippen molar-refractivity contribution in [3.63, 3.8) is 0 Å². The van der Waals surface area contributed by atoms with E-state index < -0.39 is 5.97 Å². The van der Waals surface area contributed by atoms with Gasteiger partial charge in [-0.05, 0) is 48.7 Å².